The van der Waals surface area contributed by atoms with Crippen molar-refractivity contribution in [1.29, 1.82) is 0 Å². The number of hydrogen-bond acceptors (Lipinski definition) is 7. The molecule has 0 saturated carbocycles. The lowest BCUT2D eigenvalue weighted by Crippen LogP contribution is -2.58. The van der Waals surface area contributed by atoms with Crippen molar-refractivity contribution >= 4 is 29.4 Å². The molecule has 0 bridgehead atoms. The van der Waals surface area contributed by atoms with Crippen molar-refractivity contribution in [2.24, 2.45) is 0 Å². The van der Waals surface area contributed by atoms with Crippen molar-refractivity contribution < 1.29 is 24.3 Å². The standard InChI is InChI=1S/C39H37N5O5/c45-30-12-15-32-28(23-30)9-14-31(26-4-2-1-3-5-26)36(32)27-7-10-29(11-8-27)42-20-18-41(19-21-42)24-25-6-13-33-34(22-25)38(48)44(37(33)47)43-17-16-35(46)40-39(43)49/h1-8,10-13,15,22-23,31,36,45H,9,14,16-21,24H2,(H,40,46,49)/t31-,36+/m1/s1. The molecule has 4 aromatic rings. The molecule has 0 radical (unpaired) electrons. The number of carbonyl (C=O) groups excluding carboxylic acids is 4. The smallest absolute Gasteiger partial charge is 0.343 e. The Morgan fingerprint density at radius 2 is 1.47 bits per heavy atom. The fraction of sp³-hybridized carbons (Fsp3) is 0.282. The SMILES string of the molecule is O=C1CCN(N2C(=O)c3ccc(CN4CCN(c5ccc([C@@H]6c7ccc(O)cc7CC[C@@H]6c6ccccc6)cc5)CC4)cc3C2=O)C(=O)N1. The zero-order valence-electron chi connectivity index (χ0n) is 27.0. The maximum Gasteiger partial charge on any atom is 0.343 e. The van der Waals surface area contributed by atoms with Crippen molar-refractivity contribution in [1.82, 2.24) is 20.2 Å². The summed E-state index contributed by atoms with van der Waals surface area (Å²) in [5.41, 5.74) is 7.78. The number of piperazine rings is 1. The molecule has 8 rings (SSSR count). The molecule has 248 valence electrons. The summed E-state index contributed by atoms with van der Waals surface area (Å²) < 4.78 is 0. The van der Waals surface area contributed by atoms with Gasteiger partial charge in [-0.25, -0.2) is 9.80 Å². The van der Waals surface area contributed by atoms with Crippen molar-refractivity contribution in [2.45, 2.75) is 37.6 Å². The minimum atomic E-state index is -0.768. The van der Waals surface area contributed by atoms with Crippen LogP contribution in [0, 0.1) is 0 Å². The van der Waals surface area contributed by atoms with Gasteiger partial charge in [0, 0.05) is 50.7 Å². The van der Waals surface area contributed by atoms with Crippen LogP contribution in [0.5, 0.6) is 5.75 Å². The second kappa shape index (κ2) is 12.5. The summed E-state index contributed by atoms with van der Waals surface area (Å²) in [4.78, 5) is 54.9. The number of phenolic OH excluding ortho intramolecular Hbond substituents is 1. The van der Waals surface area contributed by atoms with Crippen LogP contribution in [0.3, 0.4) is 0 Å². The van der Waals surface area contributed by atoms with Gasteiger partial charge in [-0.1, -0.05) is 54.6 Å². The number of nitrogens with zero attached hydrogens (tertiary/aromatic N) is 4. The number of aromatic hydroxyl groups is 1. The molecule has 1 aliphatic carbocycles. The lowest BCUT2D eigenvalue weighted by molar-refractivity contribution is -0.122. The summed E-state index contributed by atoms with van der Waals surface area (Å²) >= 11 is 0. The number of phenols is 1. The molecular weight excluding hydrogens is 618 g/mol. The Balaban J connectivity index is 0.931. The molecule has 0 aromatic heterocycles. The van der Waals surface area contributed by atoms with E-state index < -0.39 is 23.8 Å². The van der Waals surface area contributed by atoms with E-state index in [0.29, 0.717) is 18.2 Å². The van der Waals surface area contributed by atoms with Gasteiger partial charge in [-0.3, -0.25) is 24.6 Å². The first kappa shape index (κ1) is 30.8. The molecule has 5 amide bonds. The lowest BCUT2D eigenvalue weighted by Gasteiger charge is -2.37. The number of urea groups is 1. The van der Waals surface area contributed by atoms with Gasteiger partial charge in [0.05, 0.1) is 17.7 Å². The Morgan fingerprint density at radius 1 is 0.714 bits per heavy atom. The number of hydrazine groups is 1. The number of nitrogens with one attached hydrogen (secondary N) is 1. The van der Waals surface area contributed by atoms with Crippen molar-refractivity contribution in [3.05, 3.63) is 130 Å². The number of fused-ring (bicyclic) bond motifs is 2. The van der Waals surface area contributed by atoms with Crippen LogP contribution in [-0.2, 0) is 17.8 Å². The van der Waals surface area contributed by atoms with E-state index in [1.54, 1.807) is 12.1 Å². The van der Waals surface area contributed by atoms with Crippen LogP contribution in [0.4, 0.5) is 10.5 Å². The molecular formula is C39H37N5O5. The minimum absolute atomic E-state index is 0.0237. The van der Waals surface area contributed by atoms with Crippen molar-refractivity contribution in [2.75, 3.05) is 37.6 Å². The van der Waals surface area contributed by atoms with E-state index in [2.05, 4.69) is 75.8 Å². The van der Waals surface area contributed by atoms with Crippen LogP contribution in [0.1, 0.15) is 73.2 Å². The van der Waals surface area contributed by atoms with Gasteiger partial charge in [0.2, 0.25) is 5.91 Å². The van der Waals surface area contributed by atoms with E-state index in [1.807, 2.05) is 18.2 Å². The first-order chi connectivity index (χ1) is 23.8. The molecule has 10 heteroatoms. The Labute approximate surface area is 284 Å². The van der Waals surface area contributed by atoms with E-state index in [4.69, 9.17) is 0 Å². The molecule has 2 N–H and O–H groups in total. The Morgan fingerprint density at radius 3 is 2.22 bits per heavy atom. The fourth-order valence-corrected chi connectivity index (χ4v) is 7.93. The maximum absolute atomic E-state index is 13.2. The minimum Gasteiger partial charge on any atom is -0.508 e. The molecule has 0 unspecified atom stereocenters. The summed E-state index contributed by atoms with van der Waals surface area (Å²) in [5.74, 6) is -0.650. The quantitative estimate of drug-likeness (QED) is 0.280. The van der Waals surface area contributed by atoms with Gasteiger partial charge in [-0.05, 0) is 83.0 Å². The summed E-state index contributed by atoms with van der Waals surface area (Å²) in [7, 11) is 0. The maximum atomic E-state index is 13.2. The highest BCUT2D eigenvalue weighted by atomic mass is 16.3. The van der Waals surface area contributed by atoms with E-state index in [0.717, 1.165) is 54.6 Å². The summed E-state index contributed by atoms with van der Waals surface area (Å²) in [6.07, 6.45) is 2.00. The van der Waals surface area contributed by atoms with Crippen LogP contribution in [0.25, 0.3) is 0 Å². The molecule has 4 aliphatic rings. The third kappa shape index (κ3) is 5.72. The molecule has 4 aromatic carbocycles. The number of hydrogen-bond donors (Lipinski definition) is 2. The topological polar surface area (TPSA) is 114 Å². The third-order valence-electron chi connectivity index (χ3n) is 10.4. The van der Waals surface area contributed by atoms with Gasteiger partial charge >= 0.3 is 6.03 Å². The largest absolute Gasteiger partial charge is 0.508 e. The van der Waals surface area contributed by atoms with E-state index >= 15 is 0 Å². The van der Waals surface area contributed by atoms with Crippen LogP contribution >= 0.6 is 0 Å². The van der Waals surface area contributed by atoms with Crippen LogP contribution in [-0.4, -0.2) is 76.5 Å². The highest BCUT2D eigenvalue weighted by Gasteiger charge is 2.43. The van der Waals surface area contributed by atoms with Gasteiger partial charge in [0.15, 0.2) is 0 Å². The highest BCUT2D eigenvalue weighted by molar-refractivity contribution is 6.22. The average molecular weight is 656 g/mol. The van der Waals surface area contributed by atoms with Crippen LogP contribution in [0.2, 0.25) is 0 Å². The van der Waals surface area contributed by atoms with Crippen molar-refractivity contribution in [3.8, 4) is 5.75 Å². The molecule has 2 saturated heterocycles. The summed E-state index contributed by atoms with van der Waals surface area (Å²) in [5, 5.41) is 14.2. The molecule has 3 aliphatic heterocycles. The molecule has 49 heavy (non-hydrogen) atoms. The van der Waals surface area contributed by atoms with Crippen molar-refractivity contribution in [3.63, 3.8) is 0 Å². The van der Waals surface area contributed by atoms with E-state index in [-0.39, 0.29) is 30.0 Å². The summed E-state index contributed by atoms with van der Waals surface area (Å²) in [6.45, 7) is 4.01. The lowest BCUT2D eigenvalue weighted by atomic mass is 9.69. The molecule has 0 spiro atoms. The highest BCUT2D eigenvalue weighted by Crippen LogP contribution is 2.47. The number of imide groups is 2. The normalized spacial score (nSPS) is 21.1. The van der Waals surface area contributed by atoms with E-state index in [1.165, 1.54) is 27.9 Å². The third-order valence-corrected chi connectivity index (χ3v) is 10.4. The molecule has 3 heterocycles. The Hall–Kier alpha value is -5.48. The van der Waals surface area contributed by atoms with Crippen LogP contribution in [0.15, 0.2) is 91.0 Å². The monoisotopic (exact) mass is 655 g/mol. The number of benzene rings is 4. The van der Waals surface area contributed by atoms with Gasteiger partial charge < -0.3 is 10.0 Å². The van der Waals surface area contributed by atoms with Gasteiger partial charge in [-0.2, -0.15) is 5.01 Å². The predicted molar refractivity (Wildman–Crippen MR) is 183 cm³/mol. The number of aryl methyl sites for hydroxylation is 1. The van der Waals surface area contributed by atoms with Gasteiger partial charge in [0.1, 0.15) is 5.75 Å². The zero-order valence-corrected chi connectivity index (χ0v) is 27.0. The Kier molecular flexibility index (Phi) is 7.88. The predicted octanol–water partition coefficient (Wildman–Crippen LogP) is 5.03. The second-order valence-electron chi connectivity index (χ2n) is 13.3. The second-order valence-corrected chi connectivity index (χ2v) is 13.3. The van der Waals surface area contributed by atoms with Gasteiger partial charge in [0.25, 0.3) is 11.8 Å². The van der Waals surface area contributed by atoms with E-state index in [9.17, 15) is 24.3 Å². The molecule has 10 nitrogen and oxygen atoms in total. The first-order valence-electron chi connectivity index (χ1n) is 16.9. The average Bonchev–Trinajstić information content (AvgIpc) is 3.36. The number of anilines is 1. The molecule has 2 fully saturated rings. The number of amides is 5. The number of rotatable bonds is 6. The first-order valence-corrected chi connectivity index (χ1v) is 16.9. The van der Waals surface area contributed by atoms with Crippen LogP contribution < -0.4 is 10.2 Å². The fourth-order valence-electron chi connectivity index (χ4n) is 7.93. The number of carbonyl (C=O) groups is 4. The molecule has 2 atom stereocenters. The summed E-state index contributed by atoms with van der Waals surface area (Å²) in [6, 6.07) is 30.1. The van der Waals surface area contributed by atoms with Gasteiger partial charge in [-0.15, -0.1) is 0 Å². The Bertz CT molecular complexity index is 1950. The zero-order chi connectivity index (χ0) is 33.6.